The Balaban J connectivity index is 2.12. The van der Waals surface area contributed by atoms with Crippen LogP contribution in [0.4, 0.5) is 4.39 Å². The lowest BCUT2D eigenvalue weighted by Crippen LogP contribution is -2.36. The first-order chi connectivity index (χ1) is 5.33. The van der Waals surface area contributed by atoms with Gasteiger partial charge in [0.05, 0.1) is 0 Å². The molecular formula is C7H14FNOS. The largest absolute Gasteiger partial charge is 0.311 e. The molecule has 0 bridgehead atoms. The molecule has 0 unspecified atom stereocenters. The third-order valence-electron chi connectivity index (χ3n) is 1.92. The first kappa shape index (κ1) is 9.13. The standard InChI is InChI=1S/C7H14FNOS/c8-3-4-9-7-1-5-11(10)6-2-7/h7,9H,1-6H2. The van der Waals surface area contributed by atoms with Gasteiger partial charge in [-0.05, 0) is 12.8 Å². The molecule has 1 heterocycles. The average Bonchev–Trinajstić information content (AvgIpc) is 2.04. The van der Waals surface area contributed by atoms with E-state index >= 15 is 0 Å². The van der Waals surface area contributed by atoms with Crippen molar-refractivity contribution in [2.45, 2.75) is 18.9 Å². The first-order valence-corrected chi connectivity index (χ1v) is 5.46. The monoisotopic (exact) mass is 179 g/mol. The number of halogens is 1. The van der Waals surface area contributed by atoms with Gasteiger partial charge in [0.25, 0.3) is 0 Å². The Morgan fingerprint density at radius 2 is 2.09 bits per heavy atom. The van der Waals surface area contributed by atoms with Crippen molar-refractivity contribution in [2.75, 3.05) is 24.7 Å². The molecule has 0 spiro atoms. The van der Waals surface area contributed by atoms with Crippen molar-refractivity contribution < 1.29 is 8.60 Å². The van der Waals surface area contributed by atoms with Crippen LogP contribution in [0.3, 0.4) is 0 Å². The molecule has 4 heteroatoms. The van der Waals surface area contributed by atoms with Gasteiger partial charge in [0, 0.05) is 34.9 Å². The van der Waals surface area contributed by atoms with Gasteiger partial charge >= 0.3 is 0 Å². The van der Waals surface area contributed by atoms with Gasteiger partial charge in [-0.25, -0.2) is 4.39 Å². The summed E-state index contributed by atoms with van der Waals surface area (Å²) in [7, 11) is -0.600. The van der Waals surface area contributed by atoms with Crippen molar-refractivity contribution in [1.29, 1.82) is 0 Å². The quantitative estimate of drug-likeness (QED) is 0.682. The van der Waals surface area contributed by atoms with E-state index in [1.165, 1.54) is 0 Å². The second-order valence-electron chi connectivity index (χ2n) is 2.77. The summed E-state index contributed by atoms with van der Waals surface area (Å²) in [6, 6.07) is 0.406. The van der Waals surface area contributed by atoms with E-state index in [4.69, 9.17) is 0 Å². The molecule has 11 heavy (non-hydrogen) atoms. The molecule has 0 amide bonds. The molecule has 1 N–H and O–H groups in total. The molecule has 1 saturated heterocycles. The highest BCUT2D eigenvalue weighted by Crippen LogP contribution is 2.08. The molecule has 1 aliphatic rings. The molecule has 0 aromatic heterocycles. The summed E-state index contributed by atoms with van der Waals surface area (Å²) in [6.07, 6.45) is 1.87. The SMILES string of the molecule is O=S1CCC(NCCF)CC1. The normalized spacial score (nSPS) is 32.1. The van der Waals surface area contributed by atoms with Crippen LogP contribution in [0.1, 0.15) is 12.8 Å². The van der Waals surface area contributed by atoms with Crippen molar-refractivity contribution in [3.63, 3.8) is 0 Å². The van der Waals surface area contributed by atoms with Crippen LogP contribution in [0.5, 0.6) is 0 Å². The Labute approximate surface area is 69.0 Å². The van der Waals surface area contributed by atoms with Crippen LogP contribution in [-0.2, 0) is 10.8 Å². The average molecular weight is 179 g/mol. The van der Waals surface area contributed by atoms with E-state index in [1.807, 2.05) is 0 Å². The fourth-order valence-corrected chi connectivity index (χ4v) is 2.56. The lowest BCUT2D eigenvalue weighted by atomic mass is 10.1. The van der Waals surface area contributed by atoms with E-state index in [-0.39, 0.29) is 6.67 Å². The first-order valence-electron chi connectivity index (χ1n) is 3.97. The number of rotatable bonds is 3. The summed E-state index contributed by atoms with van der Waals surface area (Å²) in [5.41, 5.74) is 0. The Hall–Kier alpha value is 0.0400. The molecule has 2 nitrogen and oxygen atoms in total. The van der Waals surface area contributed by atoms with Gasteiger partial charge in [0.2, 0.25) is 0 Å². The highest BCUT2D eigenvalue weighted by Gasteiger charge is 2.16. The molecule has 0 aliphatic carbocycles. The predicted molar refractivity (Wildman–Crippen MR) is 44.9 cm³/mol. The van der Waals surface area contributed by atoms with E-state index in [9.17, 15) is 8.60 Å². The van der Waals surface area contributed by atoms with Crippen LogP contribution in [0, 0.1) is 0 Å². The van der Waals surface area contributed by atoms with Crippen molar-refractivity contribution >= 4 is 10.8 Å². The molecule has 0 atom stereocenters. The molecule has 1 aliphatic heterocycles. The number of hydrogen-bond donors (Lipinski definition) is 1. The van der Waals surface area contributed by atoms with Crippen molar-refractivity contribution in [1.82, 2.24) is 5.32 Å². The summed E-state index contributed by atoms with van der Waals surface area (Å²) in [4.78, 5) is 0. The summed E-state index contributed by atoms with van der Waals surface area (Å²) < 4.78 is 22.6. The molecule has 0 aromatic rings. The minimum atomic E-state index is -0.600. The fraction of sp³-hybridized carbons (Fsp3) is 1.00. The maximum absolute atomic E-state index is 11.7. The second kappa shape index (κ2) is 4.83. The van der Waals surface area contributed by atoms with E-state index < -0.39 is 10.8 Å². The van der Waals surface area contributed by atoms with Crippen LogP contribution in [0.2, 0.25) is 0 Å². The number of nitrogens with one attached hydrogen (secondary N) is 1. The Morgan fingerprint density at radius 3 is 2.64 bits per heavy atom. The fourth-order valence-electron chi connectivity index (χ4n) is 1.26. The topological polar surface area (TPSA) is 29.1 Å². The molecule has 0 radical (unpaired) electrons. The lowest BCUT2D eigenvalue weighted by Gasteiger charge is -2.21. The molecule has 66 valence electrons. The molecule has 0 aromatic carbocycles. The van der Waals surface area contributed by atoms with Gasteiger partial charge in [-0.15, -0.1) is 0 Å². The van der Waals surface area contributed by atoms with Crippen LogP contribution >= 0.6 is 0 Å². The molecule has 1 rings (SSSR count). The van der Waals surface area contributed by atoms with E-state index in [2.05, 4.69) is 5.32 Å². The molecular weight excluding hydrogens is 165 g/mol. The zero-order valence-corrected chi connectivity index (χ0v) is 7.33. The second-order valence-corrected chi connectivity index (χ2v) is 4.46. The summed E-state index contributed by atoms with van der Waals surface area (Å²) >= 11 is 0. The Morgan fingerprint density at radius 1 is 1.45 bits per heavy atom. The smallest absolute Gasteiger partial charge is 0.102 e. The van der Waals surface area contributed by atoms with Crippen LogP contribution in [0.15, 0.2) is 0 Å². The number of hydrogen-bond acceptors (Lipinski definition) is 2. The molecule has 1 fully saturated rings. The van der Waals surface area contributed by atoms with E-state index in [1.54, 1.807) is 0 Å². The maximum atomic E-state index is 11.7. The van der Waals surface area contributed by atoms with Crippen LogP contribution in [0.25, 0.3) is 0 Å². The minimum absolute atomic E-state index is 0.306. The van der Waals surface area contributed by atoms with Gasteiger partial charge in [0.15, 0.2) is 0 Å². The van der Waals surface area contributed by atoms with E-state index in [0.29, 0.717) is 12.6 Å². The Bertz CT molecular complexity index is 132. The molecule has 0 saturated carbocycles. The highest BCUT2D eigenvalue weighted by molar-refractivity contribution is 7.85. The van der Waals surface area contributed by atoms with Gasteiger partial charge in [0.1, 0.15) is 6.67 Å². The zero-order valence-electron chi connectivity index (χ0n) is 6.51. The van der Waals surface area contributed by atoms with E-state index in [0.717, 1.165) is 24.3 Å². The van der Waals surface area contributed by atoms with Crippen molar-refractivity contribution in [3.8, 4) is 0 Å². The number of alkyl halides is 1. The predicted octanol–water partition coefficient (Wildman–Crippen LogP) is 0.457. The lowest BCUT2D eigenvalue weighted by molar-refractivity contribution is 0.414. The minimum Gasteiger partial charge on any atom is -0.311 e. The maximum Gasteiger partial charge on any atom is 0.102 e. The van der Waals surface area contributed by atoms with Gasteiger partial charge < -0.3 is 5.32 Å². The highest BCUT2D eigenvalue weighted by atomic mass is 32.2. The summed E-state index contributed by atoms with van der Waals surface area (Å²) in [5, 5.41) is 3.08. The zero-order chi connectivity index (χ0) is 8.10. The van der Waals surface area contributed by atoms with Gasteiger partial charge in [-0.1, -0.05) is 0 Å². The Kier molecular flexibility index (Phi) is 4.01. The third-order valence-corrected chi connectivity index (χ3v) is 3.30. The van der Waals surface area contributed by atoms with Crippen LogP contribution in [-0.4, -0.2) is 35.0 Å². The van der Waals surface area contributed by atoms with Crippen molar-refractivity contribution in [3.05, 3.63) is 0 Å². The van der Waals surface area contributed by atoms with Gasteiger partial charge in [-0.3, -0.25) is 4.21 Å². The van der Waals surface area contributed by atoms with Gasteiger partial charge in [-0.2, -0.15) is 0 Å². The van der Waals surface area contributed by atoms with Crippen LogP contribution < -0.4 is 5.32 Å². The third kappa shape index (κ3) is 3.29. The van der Waals surface area contributed by atoms with Crippen molar-refractivity contribution in [2.24, 2.45) is 0 Å². The summed E-state index contributed by atoms with van der Waals surface area (Å²) in [6.45, 7) is 0.136. The summed E-state index contributed by atoms with van der Waals surface area (Å²) in [5.74, 6) is 1.56.